The first kappa shape index (κ1) is 111. The minimum atomic E-state index is -5.88. The number of carboxylic acid groups (broad SMARTS) is 1. The summed E-state index contributed by atoms with van der Waals surface area (Å²) in [5, 5.41) is 121. The third-order valence-electron chi connectivity index (χ3n) is 18.6. The molecular formula is C58H82F5N6O52P7. The normalized spacial score (nSPS) is 37.7. The summed E-state index contributed by atoms with van der Waals surface area (Å²) in [5.41, 5.74) is -11.8. The summed E-state index contributed by atoms with van der Waals surface area (Å²) in [6, 6.07) is -1.51. The fourth-order valence-electron chi connectivity index (χ4n) is 12.2. The largest absolute Gasteiger partial charge is 0.490 e. The Morgan fingerprint density at radius 3 is 0.805 bits per heavy atom. The highest BCUT2D eigenvalue weighted by Gasteiger charge is 2.70. The molecule has 23 N–H and O–H groups in total. The van der Waals surface area contributed by atoms with Crippen LogP contribution in [0.4, 0.5) is 22.0 Å². The number of halogens is 5. The second-order valence-corrected chi connectivity index (χ2v) is 39.4. The first-order chi connectivity index (χ1) is 57.6. The summed E-state index contributed by atoms with van der Waals surface area (Å²) in [4.78, 5) is 218. The lowest BCUT2D eigenvalue weighted by Crippen LogP contribution is -2.54. The number of aliphatic carboxylic acids is 1. The number of alkyl halides is 5. The number of aliphatic hydroxyl groups excluding tert-OH is 6. The van der Waals surface area contributed by atoms with Crippen LogP contribution in [-0.4, -0.2) is 357 Å². The Bertz CT molecular complexity index is 4850. The number of ketones is 5. The van der Waals surface area contributed by atoms with Crippen molar-refractivity contribution in [3.63, 3.8) is 0 Å². The molecule has 726 valence electrons. The van der Waals surface area contributed by atoms with Crippen molar-refractivity contribution in [2.45, 2.75) is 199 Å². The van der Waals surface area contributed by atoms with Crippen molar-refractivity contribution in [1.82, 2.24) is 29.6 Å². The van der Waals surface area contributed by atoms with Gasteiger partial charge in [-0.2, -0.15) is 12.9 Å². The predicted molar refractivity (Wildman–Crippen MR) is 385 cm³/mol. The molecule has 10 aliphatic heterocycles. The van der Waals surface area contributed by atoms with Gasteiger partial charge in [0.2, 0.25) is 29.5 Å². The van der Waals surface area contributed by atoms with E-state index in [0.717, 1.165) is 118 Å². The van der Waals surface area contributed by atoms with Crippen LogP contribution in [0.15, 0.2) is 61.4 Å². The molecule has 5 saturated heterocycles. The highest BCUT2D eigenvalue weighted by Crippen LogP contribution is 2.67. The maximum atomic E-state index is 15.1. The maximum absolute atomic E-state index is 15.1. The van der Waals surface area contributed by atoms with Crippen LogP contribution in [0.5, 0.6) is 0 Å². The van der Waals surface area contributed by atoms with Crippen LogP contribution in [0, 0.1) is 0 Å². The first-order valence-corrected chi connectivity index (χ1v) is 45.6. The Morgan fingerprint density at radius 1 is 0.383 bits per heavy atom. The fourth-order valence-corrected chi connectivity index (χ4v) is 18.2. The molecule has 25 atom stereocenters. The van der Waals surface area contributed by atoms with Gasteiger partial charge in [-0.15, -0.1) is 0 Å². The molecule has 10 aliphatic rings. The van der Waals surface area contributed by atoms with E-state index in [2.05, 4.69) is 31.0 Å². The zero-order chi connectivity index (χ0) is 98.4. The number of nitrogens with zero attached hydrogens (tertiary/aromatic N) is 5. The van der Waals surface area contributed by atoms with Crippen LogP contribution in [-0.2, 0) is 139 Å². The fraction of sp³-hybridized carbons (Fsp3) is 0.638. The van der Waals surface area contributed by atoms with Crippen molar-refractivity contribution >= 4 is 119 Å². The molecule has 0 radical (unpaired) electrons. The van der Waals surface area contributed by atoms with Crippen LogP contribution < -0.4 is 5.09 Å². The Hall–Kier alpha value is -6.23. The third kappa shape index (κ3) is 26.7. The monoisotopic (exact) mass is 2010 g/mol. The number of carbonyl (C=O) groups excluding carboxylic acids is 10. The SMILES string of the molecule is C[C@H](NP(=O)(O)OC[C@@]1(F)O[C@@H](N2C=CC(=O)CC2=O)[C@](C)(O)[C@@H]1O)C(=O)O.C[C@]1(O)[C@H](N2C=CC(=O)CC2=O)O[C@](F)(CO)[C@H]1O.C[C@]1(O)[C@H](N2C=CC(=O)CC2=O)O[C@](F)(COP(=O)(O)O)[C@H]1O.C[C@]1(O)[C@H](N2C=CC(=O)CC2=O)O[C@](F)(COP(=O)(O)OP(=O)(O)O)[C@H]1O.C[C@]1(O)[C@H](N2C=CC(=O)CC2=O)O[C@](F)(COP(=O)(O)OP(=O)(O)OP(=O)(O)O)[C@H]1O. The number of aliphatic hydroxyl groups is 11. The van der Waals surface area contributed by atoms with Gasteiger partial charge in [-0.1, -0.05) is 0 Å². The number of nitrogens with one attached hydrogen (secondary N) is 1. The molecule has 0 aromatic carbocycles. The average molecular weight is 2010 g/mol. The molecule has 5 amide bonds. The van der Waals surface area contributed by atoms with E-state index in [0.29, 0.717) is 9.80 Å². The number of carboxylic acids is 1. The minimum absolute atomic E-state index is 0.423. The Kier molecular flexibility index (Phi) is 34.0. The number of hydrogen-bond donors (Lipinski definition) is 23. The number of amides is 5. The van der Waals surface area contributed by atoms with Crippen LogP contribution in [0.1, 0.15) is 73.6 Å². The van der Waals surface area contributed by atoms with Crippen LogP contribution >= 0.6 is 54.7 Å². The number of hydrogen-bond acceptors (Lipinski definition) is 41. The van der Waals surface area contributed by atoms with Gasteiger partial charge in [0.05, 0.1) is 32.1 Å². The standard InChI is InChI=1S/C14H20FN2O10P.C11H17FNO15P3.C11H16FNO12P2.C11H15FNO9P.C11H14FNO6/c1-7(10(20)21)16-28(24,25)26-6-14(15)11(22)13(2,23)12(27-14)17-4-3-8(18)5-9(17)19;1-10(17)8(16)11(12,26-9(10)13-3-2-6(14)4-7(13)15)5-25-30(21,22)28-31(23,24)27-29(18,19)20;1-10(17)8(16)11(12,5-23-27(21,22)25-26(18,19)20)24-9(10)13-3-2-6(14)4-7(13)15;1-10(17)8(16)11(12,5-21-23(18,19)20)22-9(10)13-3-2-6(14)4-7(13)15;1-10(18)8(17)11(12,5-14)19-9(10)13-3-2-6(15)4-7(13)16/h3-4,7,11-12,22-23H,5-6H2,1-2H3,(H,20,21)(H2,16,24,25);2-3,8-9,16-17H,4-5H2,1H3,(H,21,22)(H,23,24)(H2,18,19,20);2-3,8-9,16-17H,4-5H2,1H3,(H,21,22)(H2,18,19,20);2-3,8-9,16-17H,4-5H2,1H3,(H2,18,19,20);2-3,8-9,14,17-18H,4-5H2,1H3/t7-,11-,12+,13+,14+;4*8-,9+,10+,11+/m00000/s1. The number of carbonyl (C=O) groups is 11. The zero-order valence-electron chi connectivity index (χ0n) is 65.5. The van der Waals surface area contributed by atoms with E-state index in [1.165, 1.54) is 0 Å². The van der Waals surface area contributed by atoms with Crippen LogP contribution in [0.25, 0.3) is 0 Å². The molecule has 70 heteroatoms. The van der Waals surface area contributed by atoms with Crippen molar-refractivity contribution in [3.05, 3.63) is 61.4 Å². The molecular weight excluding hydrogens is 1920 g/mol. The average Bonchev–Trinajstić information content (AvgIpc) is 1.60. The van der Waals surface area contributed by atoms with Crippen LogP contribution in [0.2, 0.25) is 0 Å². The molecule has 0 aromatic heterocycles. The van der Waals surface area contributed by atoms with E-state index < -0.39 is 309 Å². The van der Waals surface area contributed by atoms with Crippen LogP contribution in [0.3, 0.4) is 0 Å². The lowest BCUT2D eigenvalue weighted by Gasteiger charge is -2.34. The van der Waals surface area contributed by atoms with Crippen molar-refractivity contribution < 1.29 is 272 Å². The quantitative estimate of drug-likeness (QED) is 0.0206. The summed E-state index contributed by atoms with van der Waals surface area (Å²) in [5.74, 6) is -24.3. The number of rotatable bonds is 27. The maximum Gasteiger partial charge on any atom is 0.490 e. The number of phosphoric ester groups is 3. The third-order valence-corrected chi connectivity index (χ3v) is 26.1. The molecule has 0 aliphatic carbocycles. The van der Waals surface area contributed by atoms with E-state index in [-0.39, 0.29) is 0 Å². The second-order valence-electron chi connectivity index (χ2n) is 29.3. The van der Waals surface area contributed by atoms with E-state index in [9.17, 15) is 159 Å². The van der Waals surface area contributed by atoms with Gasteiger partial charge in [0.15, 0.2) is 60.1 Å². The van der Waals surface area contributed by atoms with E-state index in [1.54, 1.807) is 5.09 Å². The first-order valence-electron chi connectivity index (χ1n) is 34.9. The van der Waals surface area contributed by atoms with Crippen molar-refractivity contribution in [2.24, 2.45) is 0 Å². The lowest BCUT2D eigenvalue weighted by atomic mass is 9.94. The van der Waals surface area contributed by atoms with Gasteiger partial charge in [-0.3, -0.25) is 95.3 Å². The number of ether oxygens (including phenoxy) is 5. The molecule has 0 spiro atoms. The summed E-state index contributed by atoms with van der Waals surface area (Å²) in [6.45, 7) is -1.48. The number of phosphoric acid groups is 6. The van der Waals surface area contributed by atoms with Gasteiger partial charge in [-0.05, 0) is 71.9 Å². The zero-order valence-corrected chi connectivity index (χ0v) is 71.8. The Labute approximate surface area is 711 Å². The summed E-state index contributed by atoms with van der Waals surface area (Å²) >= 11 is 0. The summed E-state index contributed by atoms with van der Waals surface area (Å²) in [7, 11) is -38.1. The molecule has 0 saturated carbocycles. The molecule has 4 unspecified atom stereocenters. The highest BCUT2D eigenvalue weighted by atomic mass is 31.3. The molecule has 10 heterocycles. The van der Waals surface area contributed by atoms with E-state index in [1.807, 2.05) is 0 Å². The number of allylic oxidation sites excluding steroid dienone is 5. The molecule has 10 rings (SSSR count). The minimum Gasteiger partial charge on any atom is -0.480 e. The van der Waals surface area contributed by atoms with Gasteiger partial charge in [0, 0.05) is 31.0 Å². The van der Waals surface area contributed by atoms with Gasteiger partial charge in [0.25, 0.3) is 29.3 Å². The second kappa shape index (κ2) is 39.4. The molecule has 58 nitrogen and oxygen atoms in total. The van der Waals surface area contributed by atoms with Gasteiger partial charge >= 0.3 is 60.7 Å². The Balaban J connectivity index is 0.000000249. The van der Waals surface area contributed by atoms with Gasteiger partial charge in [-0.25, -0.2) is 59.0 Å². The Morgan fingerprint density at radius 2 is 0.594 bits per heavy atom. The van der Waals surface area contributed by atoms with Crippen molar-refractivity contribution in [2.75, 3.05) is 33.0 Å². The predicted octanol–water partition coefficient (Wildman–Crippen LogP) is -6.97. The molecule has 128 heavy (non-hydrogen) atoms. The topological polar surface area (TPSA) is 891 Å². The molecule has 0 bridgehead atoms. The van der Waals surface area contributed by atoms with E-state index in [4.69, 9.17) is 73.0 Å². The summed E-state index contributed by atoms with van der Waals surface area (Å²) < 4.78 is 203. The smallest absolute Gasteiger partial charge is 0.480 e. The summed E-state index contributed by atoms with van der Waals surface area (Å²) in [6.07, 6.45) is -13.4. The van der Waals surface area contributed by atoms with Crippen molar-refractivity contribution in [1.29, 1.82) is 0 Å². The van der Waals surface area contributed by atoms with Gasteiger partial charge < -0.3 is 134 Å². The highest BCUT2D eigenvalue weighted by molar-refractivity contribution is 7.66. The van der Waals surface area contributed by atoms with Crippen molar-refractivity contribution in [3.8, 4) is 0 Å². The van der Waals surface area contributed by atoms with E-state index >= 15 is 8.78 Å². The molecule has 0 aromatic rings. The van der Waals surface area contributed by atoms with Gasteiger partial charge in [0.1, 0.15) is 97.6 Å². The lowest BCUT2D eigenvalue weighted by molar-refractivity contribution is -0.213. The molecule has 5 fully saturated rings.